The van der Waals surface area contributed by atoms with Crippen molar-refractivity contribution in [2.24, 2.45) is 5.73 Å². The first-order valence-corrected chi connectivity index (χ1v) is 6.20. The maximum Gasteiger partial charge on any atom is 0.325 e. The first-order valence-electron chi connectivity index (χ1n) is 5.38. The minimum absolute atomic E-state index is 0.335. The molecule has 0 spiro atoms. The summed E-state index contributed by atoms with van der Waals surface area (Å²) in [7, 11) is 0. The number of hydrogen-bond acceptors (Lipinski definition) is 4. The highest BCUT2D eigenvalue weighted by atomic mass is 32.1. The molecule has 1 aromatic heterocycles. The van der Waals surface area contributed by atoms with Crippen LogP contribution < -0.4 is 5.73 Å². The van der Waals surface area contributed by atoms with Crippen molar-refractivity contribution in [2.75, 3.05) is 0 Å². The molecule has 0 saturated carbocycles. The van der Waals surface area contributed by atoms with Gasteiger partial charge in [0.15, 0.2) is 0 Å². The van der Waals surface area contributed by atoms with Gasteiger partial charge in [-0.3, -0.25) is 4.79 Å². The third kappa shape index (κ3) is 2.16. The van der Waals surface area contributed by atoms with E-state index in [4.69, 9.17) is 10.8 Å². The van der Waals surface area contributed by atoms with Crippen molar-refractivity contribution in [3.05, 3.63) is 28.8 Å². The largest absolute Gasteiger partial charge is 0.480 e. The van der Waals surface area contributed by atoms with Gasteiger partial charge in [0.1, 0.15) is 6.04 Å². The zero-order valence-corrected chi connectivity index (χ0v) is 10.5. The summed E-state index contributed by atoms with van der Waals surface area (Å²) in [6.45, 7) is 4.13. The van der Waals surface area contributed by atoms with Crippen LogP contribution in [0, 0.1) is 0 Å². The van der Waals surface area contributed by atoms with Gasteiger partial charge in [0, 0.05) is 11.5 Å². The van der Waals surface area contributed by atoms with Gasteiger partial charge < -0.3 is 10.8 Å². The summed E-state index contributed by atoms with van der Waals surface area (Å²) in [4.78, 5) is 15.4. The molecule has 5 heteroatoms. The highest BCUT2D eigenvalue weighted by Gasteiger charge is 2.19. The summed E-state index contributed by atoms with van der Waals surface area (Å²) in [6.07, 6.45) is 0. The van der Waals surface area contributed by atoms with Gasteiger partial charge in [-0.1, -0.05) is 26.0 Å². The highest BCUT2D eigenvalue weighted by molar-refractivity contribution is 7.18. The predicted octanol–water partition coefficient (Wildman–Crippen LogP) is 2.50. The molecule has 0 saturated heterocycles. The van der Waals surface area contributed by atoms with E-state index in [1.54, 1.807) is 17.4 Å². The number of carbonyl (C=O) groups is 1. The lowest BCUT2D eigenvalue weighted by molar-refractivity contribution is -0.138. The number of thiazole rings is 1. The van der Waals surface area contributed by atoms with Crippen molar-refractivity contribution in [1.29, 1.82) is 0 Å². The third-order valence-corrected chi connectivity index (χ3v) is 3.88. The van der Waals surface area contributed by atoms with E-state index in [0.717, 1.165) is 15.2 Å². The molecule has 0 aliphatic rings. The molecular formula is C12H14N2O2S. The van der Waals surface area contributed by atoms with Gasteiger partial charge in [0.05, 0.1) is 15.2 Å². The van der Waals surface area contributed by atoms with Crippen molar-refractivity contribution in [1.82, 2.24) is 4.98 Å². The maximum atomic E-state index is 10.9. The molecule has 1 aromatic carbocycles. The van der Waals surface area contributed by atoms with E-state index in [1.165, 1.54) is 0 Å². The van der Waals surface area contributed by atoms with Crippen LogP contribution in [0.15, 0.2) is 18.2 Å². The molecule has 1 heterocycles. The van der Waals surface area contributed by atoms with E-state index >= 15 is 0 Å². The number of rotatable bonds is 3. The van der Waals surface area contributed by atoms with Crippen LogP contribution in [0.2, 0.25) is 0 Å². The minimum Gasteiger partial charge on any atom is -0.480 e. The van der Waals surface area contributed by atoms with Crippen LogP contribution in [0.4, 0.5) is 0 Å². The van der Waals surface area contributed by atoms with Crippen molar-refractivity contribution in [3.8, 4) is 0 Å². The lowest BCUT2D eigenvalue weighted by Gasteiger charge is -2.06. The van der Waals surface area contributed by atoms with E-state index in [9.17, 15) is 4.79 Å². The summed E-state index contributed by atoms with van der Waals surface area (Å²) >= 11 is 1.59. The molecule has 2 aromatic rings. The van der Waals surface area contributed by atoms with Gasteiger partial charge >= 0.3 is 5.97 Å². The normalized spacial score (nSPS) is 13.2. The number of carboxylic acid groups (broad SMARTS) is 1. The smallest absolute Gasteiger partial charge is 0.325 e. The lowest BCUT2D eigenvalue weighted by atomic mass is 10.1. The number of nitrogens with zero attached hydrogens (tertiary/aromatic N) is 1. The number of carboxylic acids is 1. The second-order valence-electron chi connectivity index (χ2n) is 4.22. The second-order valence-corrected chi connectivity index (χ2v) is 5.28. The van der Waals surface area contributed by atoms with Gasteiger partial charge in [-0.15, -0.1) is 11.3 Å². The molecule has 0 radical (unpaired) electrons. The van der Waals surface area contributed by atoms with Gasteiger partial charge in [0.25, 0.3) is 0 Å². The van der Waals surface area contributed by atoms with E-state index in [0.29, 0.717) is 11.5 Å². The van der Waals surface area contributed by atoms with Gasteiger partial charge in [-0.05, 0) is 6.07 Å². The summed E-state index contributed by atoms with van der Waals surface area (Å²) < 4.78 is 0.989. The molecule has 4 nitrogen and oxygen atoms in total. The molecular weight excluding hydrogens is 236 g/mol. The minimum atomic E-state index is -1.03. The number of aromatic nitrogens is 1. The molecule has 0 amide bonds. The molecule has 90 valence electrons. The predicted molar refractivity (Wildman–Crippen MR) is 68.3 cm³/mol. The SMILES string of the molecule is CC(C)c1nc2c(C(N)C(=O)O)cccc2s1. The molecule has 1 atom stereocenters. The maximum absolute atomic E-state index is 10.9. The Balaban J connectivity index is 2.60. The molecule has 0 bridgehead atoms. The molecule has 0 fully saturated rings. The quantitative estimate of drug-likeness (QED) is 0.877. The fourth-order valence-electron chi connectivity index (χ4n) is 1.62. The van der Waals surface area contributed by atoms with Crippen LogP contribution in [-0.2, 0) is 4.79 Å². The Labute approximate surface area is 103 Å². The zero-order chi connectivity index (χ0) is 12.6. The van der Waals surface area contributed by atoms with E-state index < -0.39 is 12.0 Å². The van der Waals surface area contributed by atoms with Crippen LogP contribution in [-0.4, -0.2) is 16.1 Å². The molecule has 3 N–H and O–H groups in total. The van der Waals surface area contributed by atoms with Gasteiger partial charge in [0.2, 0.25) is 0 Å². The fourth-order valence-corrected chi connectivity index (χ4v) is 2.62. The Morgan fingerprint density at radius 1 is 1.47 bits per heavy atom. The topological polar surface area (TPSA) is 76.2 Å². The molecule has 0 aliphatic heterocycles. The zero-order valence-electron chi connectivity index (χ0n) is 9.68. The van der Waals surface area contributed by atoms with Crippen LogP contribution in [0.3, 0.4) is 0 Å². The van der Waals surface area contributed by atoms with Gasteiger partial charge in [-0.25, -0.2) is 4.98 Å². The van der Waals surface area contributed by atoms with Crippen molar-refractivity contribution >= 4 is 27.5 Å². The Morgan fingerprint density at radius 3 is 2.76 bits per heavy atom. The number of benzene rings is 1. The lowest BCUT2D eigenvalue weighted by Crippen LogP contribution is -2.20. The number of aliphatic carboxylic acids is 1. The number of nitrogens with two attached hydrogens (primary N) is 1. The summed E-state index contributed by atoms with van der Waals surface area (Å²) in [5, 5.41) is 9.97. The third-order valence-electron chi connectivity index (χ3n) is 2.56. The Morgan fingerprint density at radius 2 is 2.18 bits per heavy atom. The Hall–Kier alpha value is -1.46. The molecule has 1 unspecified atom stereocenters. The number of hydrogen-bond donors (Lipinski definition) is 2. The van der Waals surface area contributed by atoms with E-state index in [1.807, 2.05) is 12.1 Å². The standard InChI is InChI=1S/C12H14N2O2S/c1-6(2)11-14-10-7(9(13)12(15)16)4-3-5-8(10)17-11/h3-6,9H,13H2,1-2H3,(H,15,16). The fraction of sp³-hybridized carbons (Fsp3) is 0.333. The average molecular weight is 250 g/mol. The van der Waals surface area contributed by atoms with Crippen LogP contribution in [0.1, 0.15) is 36.4 Å². The van der Waals surface area contributed by atoms with E-state index in [-0.39, 0.29) is 0 Å². The number of para-hydroxylation sites is 1. The van der Waals surface area contributed by atoms with Crippen LogP contribution in [0.25, 0.3) is 10.2 Å². The summed E-state index contributed by atoms with van der Waals surface area (Å²) in [6, 6.07) is 4.48. The van der Waals surface area contributed by atoms with Crippen LogP contribution >= 0.6 is 11.3 Å². The summed E-state index contributed by atoms with van der Waals surface area (Å²) in [5.41, 5.74) is 6.95. The molecule has 17 heavy (non-hydrogen) atoms. The number of fused-ring (bicyclic) bond motifs is 1. The van der Waals surface area contributed by atoms with Crippen LogP contribution in [0.5, 0.6) is 0 Å². The second kappa shape index (κ2) is 4.43. The Kier molecular flexibility index (Phi) is 3.13. The first-order chi connectivity index (χ1) is 8.00. The van der Waals surface area contributed by atoms with Crippen molar-refractivity contribution < 1.29 is 9.90 Å². The van der Waals surface area contributed by atoms with Gasteiger partial charge in [-0.2, -0.15) is 0 Å². The average Bonchev–Trinajstić information content (AvgIpc) is 2.71. The monoisotopic (exact) mass is 250 g/mol. The molecule has 2 rings (SSSR count). The van der Waals surface area contributed by atoms with Crippen molar-refractivity contribution in [2.45, 2.75) is 25.8 Å². The highest BCUT2D eigenvalue weighted by Crippen LogP contribution is 2.31. The Bertz CT molecular complexity index is 563. The van der Waals surface area contributed by atoms with Crippen molar-refractivity contribution in [3.63, 3.8) is 0 Å². The van der Waals surface area contributed by atoms with E-state index in [2.05, 4.69) is 18.8 Å². The first kappa shape index (κ1) is 12.0. The summed E-state index contributed by atoms with van der Waals surface area (Å²) in [5.74, 6) is -0.696. The molecule has 0 aliphatic carbocycles.